The molecule has 2 atom stereocenters. The van der Waals surface area contributed by atoms with Crippen molar-refractivity contribution in [1.29, 1.82) is 0 Å². The molecule has 2 unspecified atom stereocenters. The van der Waals surface area contributed by atoms with Crippen molar-refractivity contribution in [3.63, 3.8) is 0 Å². The molecule has 70 heavy (non-hydrogen) atoms. The first-order chi connectivity index (χ1) is 34.2. The highest BCUT2D eigenvalue weighted by atomic mass is 16.5. The summed E-state index contributed by atoms with van der Waals surface area (Å²) >= 11 is 0. The number of rotatable bonds is 45. The van der Waals surface area contributed by atoms with E-state index in [1.807, 2.05) is 42.5 Å². The monoisotopic (exact) mass is 973 g/mol. The molecule has 8 N–H and O–H groups in total. The fourth-order valence-electron chi connectivity index (χ4n) is 8.60. The third-order valence-electron chi connectivity index (χ3n) is 12.7. The lowest BCUT2D eigenvalue weighted by atomic mass is 9.97. The summed E-state index contributed by atoms with van der Waals surface area (Å²) in [6, 6.07) is 10.1. The van der Waals surface area contributed by atoms with Gasteiger partial charge in [-0.1, -0.05) is 154 Å². The minimum absolute atomic E-state index is 0.185. The van der Waals surface area contributed by atoms with Crippen LogP contribution in [0.2, 0.25) is 0 Å². The first-order valence-corrected chi connectivity index (χ1v) is 27.5. The van der Waals surface area contributed by atoms with E-state index in [0.29, 0.717) is 69.8 Å². The number of ether oxygens (including phenoxy) is 2. The van der Waals surface area contributed by atoms with E-state index in [9.17, 15) is 19.2 Å². The molecular weight excluding hydrogens is 877 g/mol. The molecule has 0 radical (unpaired) electrons. The van der Waals surface area contributed by atoms with Gasteiger partial charge in [0, 0.05) is 18.7 Å². The number of hydrogen-bond donors (Lipinski definition) is 6. The number of carbonyl (C=O) groups excluding carboxylic acids is 4. The van der Waals surface area contributed by atoms with Gasteiger partial charge in [0.2, 0.25) is 11.8 Å². The molecular formula is C58H96N6O6. The number of nitrogens with one attached hydrogen (secondary N) is 4. The van der Waals surface area contributed by atoms with Crippen molar-refractivity contribution < 1.29 is 28.7 Å². The van der Waals surface area contributed by atoms with Gasteiger partial charge in [-0.05, 0) is 118 Å². The molecule has 0 aliphatic heterocycles. The van der Waals surface area contributed by atoms with Crippen molar-refractivity contribution in [2.75, 3.05) is 39.4 Å². The highest BCUT2D eigenvalue weighted by Crippen LogP contribution is 2.35. The number of unbranched alkanes of at least 4 members (excludes halogenated alkanes) is 20. The van der Waals surface area contributed by atoms with Crippen LogP contribution in [0.5, 0.6) is 11.5 Å². The van der Waals surface area contributed by atoms with Crippen LogP contribution in [0.15, 0.2) is 61.7 Å². The summed E-state index contributed by atoms with van der Waals surface area (Å²) < 4.78 is 12.3. The van der Waals surface area contributed by atoms with Gasteiger partial charge in [-0.3, -0.25) is 19.2 Å². The van der Waals surface area contributed by atoms with Gasteiger partial charge in [0.1, 0.15) is 23.6 Å². The fraction of sp³-hybridized carbons (Fsp3) is 0.655. The Kier molecular flexibility index (Phi) is 36.0. The van der Waals surface area contributed by atoms with Crippen molar-refractivity contribution in [1.82, 2.24) is 21.3 Å². The Morgan fingerprint density at radius 3 is 1.40 bits per heavy atom. The Bertz CT molecular complexity index is 1750. The van der Waals surface area contributed by atoms with E-state index in [-0.39, 0.29) is 30.9 Å². The lowest BCUT2D eigenvalue weighted by molar-refractivity contribution is -0.130. The Morgan fingerprint density at radius 1 is 0.529 bits per heavy atom. The molecule has 0 heterocycles. The van der Waals surface area contributed by atoms with Crippen molar-refractivity contribution >= 4 is 23.6 Å². The van der Waals surface area contributed by atoms with Crippen LogP contribution in [0.1, 0.15) is 192 Å². The maximum atomic E-state index is 13.4. The summed E-state index contributed by atoms with van der Waals surface area (Å²) in [6.45, 7) is 14.0. The predicted molar refractivity (Wildman–Crippen MR) is 290 cm³/mol. The van der Waals surface area contributed by atoms with E-state index in [2.05, 4.69) is 48.3 Å². The molecule has 0 spiro atoms. The number of nitrogens with two attached hydrogens (primary N) is 2. The van der Waals surface area contributed by atoms with Gasteiger partial charge in [-0.2, -0.15) is 0 Å². The summed E-state index contributed by atoms with van der Waals surface area (Å²) in [5.74, 6) is -0.143. The van der Waals surface area contributed by atoms with Crippen molar-refractivity contribution in [3.8, 4) is 22.6 Å². The van der Waals surface area contributed by atoms with Crippen molar-refractivity contribution in [2.45, 2.75) is 206 Å². The third-order valence-corrected chi connectivity index (χ3v) is 12.7. The largest absolute Gasteiger partial charge is 0.483 e. The zero-order valence-corrected chi connectivity index (χ0v) is 43.8. The minimum Gasteiger partial charge on any atom is -0.483 e. The van der Waals surface area contributed by atoms with Crippen LogP contribution in [0.25, 0.3) is 11.1 Å². The minimum atomic E-state index is -0.685. The predicted octanol–water partition coefficient (Wildman–Crippen LogP) is 10.9. The SMILES string of the molecule is C=CCc1ccc(OCC(=O)NC(CCCCN)C(=O)NCCCCCCCCCCCC)c(-c2ccc(OCC(=O)NC(CCCCN)C(=O)NCCCCCCCCCCCC)c(CC=C)c2)c1. The Labute approximate surface area is 424 Å². The fourth-order valence-corrected chi connectivity index (χ4v) is 8.60. The topological polar surface area (TPSA) is 187 Å². The number of benzene rings is 2. The highest BCUT2D eigenvalue weighted by Gasteiger charge is 2.23. The molecule has 0 bridgehead atoms. The molecule has 12 heteroatoms. The second-order valence-electron chi connectivity index (χ2n) is 19.0. The third kappa shape index (κ3) is 28.2. The number of allylic oxidation sites excluding steroid dienone is 2. The molecule has 2 aromatic rings. The molecule has 0 aliphatic carbocycles. The van der Waals surface area contributed by atoms with Crippen molar-refractivity contribution in [3.05, 3.63) is 72.8 Å². The lowest BCUT2D eigenvalue weighted by Crippen LogP contribution is -2.48. The first kappa shape index (κ1) is 61.4. The van der Waals surface area contributed by atoms with Gasteiger partial charge in [-0.25, -0.2) is 0 Å². The quantitative estimate of drug-likeness (QED) is 0.0279. The van der Waals surface area contributed by atoms with E-state index in [0.717, 1.165) is 67.2 Å². The molecule has 2 aromatic carbocycles. The summed E-state index contributed by atoms with van der Waals surface area (Å²) in [5.41, 5.74) is 14.9. The van der Waals surface area contributed by atoms with Crippen LogP contribution in [0.3, 0.4) is 0 Å². The first-order valence-electron chi connectivity index (χ1n) is 27.5. The van der Waals surface area contributed by atoms with Crippen LogP contribution >= 0.6 is 0 Å². The zero-order chi connectivity index (χ0) is 50.9. The molecule has 0 saturated carbocycles. The highest BCUT2D eigenvalue weighted by molar-refractivity contribution is 5.89. The molecule has 4 amide bonds. The summed E-state index contributed by atoms with van der Waals surface area (Å²) in [4.78, 5) is 53.3. The van der Waals surface area contributed by atoms with Gasteiger partial charge in [0.25, 0.3) is 11.8 Å². The second kappa shape index (κ2) is 41.0. The molecule has 2 rings (SSSR count). The van der Waals surface area contributed by atoms with E-state index in [1.54, 1.807) is 6.08 Å². The molecule has 0 aromatic heterocycles. The van der Waals surface area contributed by atoms with E-state index in [1.165, 1.54) is 103 Å². The average molecular weight is 973 g/mol. The van der Waals surface area contributed by atoms with E-state index in [4.69, 9.17) is 20.9 Å². The van der Waals surface area contributed by atoms with Crippen LogP contribution in [-0.2, 0) is 32.0 Å². The second-order valence-corrected chi connectivity index (χ2v) is 19.0. The van der Waals surface area contributed by atoms with Gasteiger partial charge in [-0.15, -0.1) is 13.2 Å². The standard InChI is InChI=1S/C58H96N6O6/c1-5-9-11-13-15-17-19-21-23-29-41-61-57(67)51(33-25-27-39-59)63-55(65)45-69-53-38-36-48(44-49(53)32-8-4)50-43-47(31-7-3)35-37-54(50)70-46-56(66)64-52(34-26-28-40-60)58(68)62-42-30-24-22-20-18-16-14-12-10-6-2/h7-8,35-38,43-44,51-52H,3-6,9-34,39-42,45-46,59-60H2,1-2H3,(H,61,67)(H,62,68)(H,63,65)(H,64,66). The maximum absolute atomic E-state index is 13.4. The normalized spacial score (nSPS) is 11.9. The molecule has 0 aliphatic rings. The van der Waals surface area contributed by atoms with Crippen molar-refractivity contribution in [2.24, 2.45) is 11.5 Å². The van der Waals surface area contributed by atoms with Crippen LogP contribution < -0.4 is 42.2 Å². The summed E-state index contributed by atoms with van der Waals surface area (Å²) in [6.07, 6.45) is 33.0. The zero-order valence-electron chi connectivity index (χ0n) is 43.8. The molecule has 0 fully saturated rings. The van der Waals surface area contributed by atoms with Gasteiger partial charge >= 0.3 is 0 Å². The van der Waals surface area contributed by atoms with Gasteiger partial charge < -0.3 is 42.2 Å². The van der Waals surface area contributed by atoms with E-state index < -0.39 is 18.0 Å². The molecule has 394 valence electrons. The van der Waals surface area contributed by atoms with E-state index >= 15 is 0 Å². The van der Waals surface area contributed by atoms with Crippen LogP contribution in [0, 0.1) is 0 Å². The Hall–Kier alpha value is -4.68. The maximum Gasteiger partial charge on any atom is 0.258 e. The van der Waals surface area contributed by atoms with Gasteiger partial charge in [0.05, 0.1) is 0 Å². The summed E-state index contributed by atoms with van der Waals surface area (Å²) in [5, 5.41) is 11.9. The average Bonchev–Trinajstić information content (AvgIpc) is 3.36. The molecule has 12 nitrogen and oxygen atoms in total. The lowest BCUT2D eigenvalue weighted by Gasteiger charge is -2.20. The number of amides is 4. The molecule has 0 saturated heterocycles. The summed E-state index contributed by atoms with van der Waals surface area (Å²) in [7, 11) is 0. The van der Waals surface area contributed by atoms with Crippen LogP contribution in [-0.4, -0.2) is 75.1 Å². The Morgan fingerprint density at radius 2 is 0.957 bits per heavy atom. The van der Waals surface area contributed by atoms with Gasteiger partial charge in [0.15, 0.2) is 13.2 Å². The number of hydrogen-bond acceptors (Lipinski definition) is 8. The smallest absolute Gasteiger partial charge is 0.258 e. The Balaban J connectivity index is 2.05. The number of carbonyl (C=O) groups is 4. The van der Waals surface area contributed by atoms with Crippen LogP contribution in [0.4, 0.5) is 0 Å².